The summed E-state index contributed by atoms with van der Waals surface area (Å²) >= 11 is 5.68. The molecule has 0 amide bonds. The van der Waals surface area contributed by atoms with Crippen LogP contribution in [-0.4, -0.2) is 19.9 Å². The van der Waals surface area contributed by atoms with Crippen LogP contribution in [-0.2, 0) is 0 Å². The zero-order valence-corrected chi connectivity index (χ0v) is 8.18. The lowest BCUT2D eigenvalue weighted by atomic mass is 10.3. The highest BCUT2D eigenvalue weighted by Crippen LogP contribution is 2.13. The molecule has 6 heteroatoms. The largest absolute Gasteiger partial charge is 0.259 e. The molecule has 15 heavy (non-hydrogen) atoms. The van der Waals surface area contributed by atoms with Crippen LogP contribution in [0.1, 0.15) is 5.69 Å². The first-order valence-corrected chi connectivity index (χ1v) is 4.37. The quantitative estimate of drug-likeness (QED) is 0.723. The molecule has 0 aromatic carbocycles. The van der Waals surface area contributed by atoms with Crippen molar-refractivity contribution in [2.45, 2.75) is 0 Å². The first-order chi connectivity index (χ1) is 7.29. The van der Waals surface area contributed by atoms with Gasteiger partial charge in [-0.3, -0.25) is 4.98 Å². The van der Waals surface area contributed by atoms with Gasteiger partial charge >= 0.3 is 0 Å². The van der Waals surface area contributed by atoms with Crippen molar-refractivity contribution in [3.63, 3.8) is 0 Å². The molecule has 2 rings (SSSR count). The van der Waals surface area contributed by atoms with E-state index < -0.39 is 0 Å². The summed E-state index contributed by atoms with van der Waals surface area (Å²) in [6.07, 6.45) is 5.79. The second kappa shape index (κ2) is 3.98. The first-order valence-electron chi connectivity index (χ1n) is 3.99. The van der Waals surface area contributed by atoms with E-state index >= 15 is 0 Å². The van der Waals surface area contributed by atoms with Gasteiger partial charge in [-0.25, -0.2) is 15.0 Å². The number of nitriles is 1. The molecule has 0 fully saturated rings. The Morgan fingerprint density at radius 2 is 1.93 bits per heavy atom. The minimum Gasteiger partial charge on any atom is -0.259 e. The average molecular weight is 218 g/mol. The van der Waals surface area contributed by atoms with Crippen molar-refractivity contribution in [2.75, 3.05) is 0 Å². The number of nitrogens with zero attached hydrogens (tertiary/aromatic N) is 5. The van der Waals surface area contributed by atoms with Crippen LogP contribution >= 0.6 is 11.6 Å². The van der Waals surface area contributed by atoms with Gasteiger partial charge in [-0.05, 0) is 0 Å². The van der Waals surface area contributed by atoms with E-state index in [0.29, 0.717) is 16.5 Å². The third kappa shape index (κ3) is 2.06. The van der Waals surface area contributed by atoms with Crippen molar-refractivity contribution in [1.82, 2.24) is 19.9 Å². The van der Waals surface area contributed by atoms with Gasteiger partial charge in [0.1, 0.15) is 22.6 Å². The maximum absolute atomic E-state index is 8.54. The lowest BCUT2D eigenvalue weighted by Gasteiger charge is -1.98. The fourth-order valence-electron chi connectivity index (χ4n) is 0.984. The second-order valence-corrected chi connectivity index (χ2v) is 3.01. The van der Waals surface area contributed by atoms with E-state index in [1.165, 1.54) is 24.8 Å². The van der Waals surface area contributed by atoms with Crippen LogP contribution in [0.5, 0.6) is 0 Å². The standard InChI is InChI=1S/C9H4ClN5/c10-9-5-12-3-8(15-9)7-4-13-6(1-11)2-14-7/h2-5H. The molecule has 0 unspecified atom stereocenters. The van der Waals surface area contributed by atoms with Gasteiger partial charge in [0.15, 0.2) is 5.69 Å². The summed E-state index contributed by atoms with van der Waals surface area (Å²) in [7, 11) is 0. The molecule has 0 atom stereocenters. The Hall–Kier alpha value is -2.06. The van der Waals surface area contributed by atoms with Crippen LogP contribution < -0.4 is 0 Å². The minimum absolute atomic E-state index is 0.258. The summed E-state index contributed by atoms with van der Waals surface area (Å²) in [4.78, 5) is 15.8. The maximum Gasteiger partial charge on any atom is 0.158 e. The molecule has 72 valence electrons. The van der Waals surface area contributed by atoms with E-state index in [-0.39, 0.29) is 5.69 Å². The number of aromatic nitrogens is 4. The first kappa shape index (κ1) is 9.49. The molecule has 0 aliphatic rings. The van der Waals surface area contributed by atoms with Crippen molar-refractivity contribution in [3.05, 3.63) is 35.6 Å². The molecule has 0 aliphatic carbocycles. The fourth-order valence-corrected chi connectivity index (χ4v) is 1.13. The van der Waals surface area contributed by atoms with Crippen molar-refractivity contribution in [1.29, 1.82) is 5.26 Å². The van der Waals surface area contributed by atoms with Gasteiger partial charge in [0.05, 0.1) is 24.8 Å². The molecular weight excluding hydrogens is 214 g/mol. The topological polar surface area (TPSA) is 75.3 Å². The number of hydrogen-bond donors (Lipinski definition) is 0. The van der Waals surface area contributed by atoms with Gasteiger partial charge in [-0.2, -0.15) is 5.26 Å². The smallest absolute Gasteiger partial charge is 0.158 e. The maximum atomic E-state index is 8.54. The summed E-state index contributed by atoms with van der Waals surface area (Å²) in [6, 6.07) is 1.88. The van der Waals surface area contributed by atoms with Gasteiger partial charge in [-0.1, -0.05) is 11.6 Å². The summed E-state index contributed by atoms with van der Waals surface area (Å²) < 4.78 is 0. The molecular formula is C9H4ClN5. The zero-order chi connectivity index (χ0) is 10.7. The molecule has 0 spiro atoms. The van der Waals surface area contributed by atoms with Crippen LogP contribution in [0, 0.1) is 11.3 Å². The summed E-state index contributed by atoms with van der Waals surface area (Å²) in [5, 5.41) is 8.83. The Bertz CT molecular complexity index is 517. The van der Waals surface area contributed by atoms with Gasteiger partial charge in [0.2, 0.25) is 0 Å². The van der Waals surface area contributed by atoms with Crippen LogP contribution in [0.15, 0.2) is 24.8 Å². The Balaban J connectivity index is 2.42. The van der Waals surface area contributed by atoms with E-state index in [1.807, 2.05) is 6.07 Å². The van der Waals surface area contributed by atoms with Crippen LogP contribution in [0.25, 0.3) is 11.4 Å². The number of halogens is 1. The van der Waals surface area contributed by atoms with Crippen LogP contribution in [0.3, 0.4) is 0 Å². The number of hydrogen-bond acceptors (Lipinski definition) is 5. The highest BCUT2D eigenvalue weighted by molar-refractivity contribution is 6.29. The molecule has 0 N–H and O–H groups in total. The predicted octanol–water partition coefficient (Wildman–Crippen LogP) is 1.46. The van der Waals surface area contributed by atoms with E-state index in [1.54, 1.807) is 0 Å². The van der Waals surface area contributed by atoms with Crippen LogP contribution in [0.4, 0.5) is 0 Å². The highest BCUT2D eigenvalue weighted by atomic mass is 35.5. The molecule has 5 nitrogen and oxygen atoms in total. The molecule has 2 aromatic rings. The normalized spacial score (nSPS) is 9.60. The fraction of sp³-hybridized carbons (Fsp3) is 0. The van der Waals surface area contributed by atoms with Gasteiger partial charge in [-0.15, -0.1) is 0 Å². The lowest BCUT2D eigenvalue weighted by molar-refractivity contribution is 1.13. The van der Waals surface area contributed by atoms with Crippen molar-refractivity contribution >= 4 is 11.6 Å². The van der Waals surface area contributed by atoms with E-state index in [2.05, 4.69) is 19.9 Å². The third-order valence-electron chi connectivity index (χ3n) is 1.63. The second-order valence-electron chi connectivity index (χ2n) is 2.63. The molecule has 0 aliphatic heterocycles. The van der Waals surface area contributed by atoms with Crippen molar-refractivity contribution in [3.8, 4) is 17.5 Å². The molecule has 0 saturated carbocycles. The molecule has 2 heterocycles. The van der Waals surface area contributed by atoms with Gasteiger partial charge < -0.3 is 0 Å². The molecule has 0 saturated heterocycles. The molecule has 0 bridgehead atoms. The predicted molar refractivity (Wildman–Crippen MR) is 52.8 cm³/mol. The van der Waals surface area contributed by atoms with E-state index in [0.717, 1.165) is 0 Å². The third-order valence-corrected chi connectivity index (χ3v) is 1.82. The SMILES string of the molecule is N#Cc1cnc(-c2cncc(Cl)n2)cn1. The van der Waals surface area contributed by atoms with E-state index in [9.17, 15) is 0 Å². The number of rotatable bonds is 1. The minimum atomic E-state index is 0.258. The zero-order valence-electron chi connectivity index (χ0n) is 7.42. The Morgan fingerprint density at radius 1 is 1.07 bits per heavy atom. The Labute approximate surface area is 90.4 Å². The monoisotopic (exact) mass is 217 g/mol. The Kier molecular flexibility index (Phi) is 2.52. The van der Waals surface area contributed by atoms with Crippen LogP contribution in [0.2, 0.25) is 5.15 Å². The summed E-state index contributed by atoms with van der Waals surface area (Å²) in [6.45, 7) is 0. The van der Waals surface area contributed by atoms with E-state index in [4.69, 9.17) is 16.9 Å². The average Bonchev–Trinajstić information content (AvgIpc) is 2.29. The van der Waals surface area contributed by atoms with Crippen molar-refractivity contribution in [2.24, 2.45) is 0 Å². The molecule has 2 aromatic heterocycles. The van der Waals surface area contributed by atoms with Gasteiger partial charge in [0, 0.05) is 0 Å². The lowest BCUT2D eigenvalue weighted by Crippen LogP contribution is -1.92. The molecule has 0 radical (unpaired) electrons. The van der Waals surface area contributed by atoms with Crippen molar-refractivity contribution < 1.29 is 0 Å². The summed E-state index contributed by atoms with van der Waals surface area (Å²) in [5.74, 6) is 0. The highest BCUT2D eigenvalue weighted by Gasteiger charge is 2.03. The van der Waals surface area contributed by atoms with Gasteiger partial charge in [0.25, 0.3) is 0 Å². The Morgan fingerprint density at radius 3 is 2.53 bits per heavy atom. The summed E-state index contributed by atoms with van der Waals surface area (Å²) in [5.41, 5.74) is 1.32.